The Hall–Kier alpha value is -3.95. The number of H-pyrrole nitrogens is 1. The lowest BCUT2D eigenvalue weighted by molar-refractivity contribution is 0.0446. The third kappa shape index (κ3) is 4.30. The zero-order chi connectivity index (χ0) is 25.0. The number of benzene rings is 2. The van der Waals surface area contributed by atoms with E-state index in [1.165, 1.54) is 6.07 Å². The number of esters is 4. The second-order valence-electron chi connectivity index (χ2n) is 6.95. The van der Waals surface area contributed by atoms with E-state index >= 15 is 0 Å². The average Bonchev–Trinajstić information content (AvgIpc) is 3.15. The topological polar surface area (TPSA) is 121 Å². The van der Waals surface area contributed by atoms with Crippen molar-refractivity contribution >= 4 is 45.7 Å². The first-order chi connectivity index (χ1) is 16.3. The lowest BCUT2D eigenvalue weighted by Crippen LogP contribution is -2.24. The summed E-state index contributed by atoms with van der Waals surface area (Å²) in [6, 6.07) is 3.71. The van der Waals surface area contributed by atoms with Crippen LogP contribution in [0.15, 0.2) is 18.2 Å². The summed E-state index contributed by atoms with van der Waals surface area (Å²) >= 11 is 0. The Balaban J connectivity index is 2.66. The van der Waals surface area contributed by atoms with Crippen LogP contribution >= 0.6 is 0 Å². The molecule has 1 aromatic heterocycles. The number of fused-ring (bicyclic) bond motifs is 3. The fourth-order valence-electron chi connectivity index (χ4n) is 3.75. The number of rotatable bonds is 8. The predicted octanol–water partition coefficient (Wildman–Crippen LogP) is 4.17. The van der Waals surface area contributed by atoms with Crippen molar-refractivity contribution in [3.63, 3.8) is 0 Å². The van der Waals surface area contributed by atoms with Crippen LogP contribution < -0.4 is 0 Å². The highest BCUT2D eigenvalue weighted by Gasteiger charge is 2.37. The Morgan fingerprint density at radius 2 is 1.15 bits per heavy atom. The number of nitrogens with one attached hydrogen (secondary N) is 1. The van der Waals surface area contributed by atoms with Gasteiger partial charge in [0.2, 0.25) is 0 Å². The molecular formula is C24H24FNO8. The van der Waals surface area contributed by atoms with Crippen LogP contribution in [0.5, 0.6) is 0 Å². The van der Waals surface area contributed by atoms with Gasteiger partial charge in [0.25, 0.3) is 0 Å². The van der Waals surface area contributed by atoms with Gasteiger partial charge in [0.05, 0.1) is 54.2 Å². The van der Waals surface area contributed by atoms with Crippen LogP contribution in [0.3, 0.4) is 0 Å². The molecule has 10 heteroatoms. The lowest BCUT2D eigenvalue weighted by atomic mass is 9.90. The van der Waals surface area contributed by atoms with Crippen molar-refractivity contribution in [2.75, 3.05) is 26.4 Å². The van der Waals surface area contributed by atoms with Gasteiger partial charge in [-0.1, -0.05) is 0 Å². The van der Waals surface area contributed by atoms with E-state index in [-0.39, 0.29) is 54.0 Å². The van der Waals surface area contributed by atoms with Crippen LogP contribution in [0.1, 0.15) is 69.1 Å². The number of carbonyl (C=O) groups excluding carboxylic acids is 4. The Morgan fingerprint density at radius 3 is 1.65 bits per heavy atom. The second-order valence-corrected chi connectivity index (χ2v) is 6.95. The van der Waals surface area contributed by atoms with Gasteiger partial charge in [0.1, 0.15) is 5.82 Å². The van der Waals surface area contributed by atoms with Gasteiger partial charge in [0.15, 0.2) is 0 Å². The largest absolute Gasteiger partial charge is 0.462 e. The van der Waals surface area contributed by atoms with Gasteiger partial charge in [-0.2, -0.15) is 0 Å². The van der Waals surface area contributed by atoms with E-state index in [4.69, 9.17) is 18.9 Å². The van der Waals surface area contributed by atoms with Gasteiger partial charge < -0.3 is 23.9 Å². The molecule has 0 fully saturated rings. The molecule has 2 aromatic carbocycles. The number of hydrogen-bond donors (Lipinski definition) is 1. The molecule has 0 atom stereocenters. The fraction of sp³-hybridized carbons (Fsp3) is 0.333. The number of halogens is 1. The highest BCUT2D eigenvalue weighted by atomic mass is 19.1. The summed E-state index contributed by atoms with van der Waals surface area (Å²) < 4.78 is 34.6. The monoisotopic (exact) mass is 473 g/mol. The molecule has 180 valence electrons. The Morgan fingerprint density at radius 1 is 0.706 bits per heavy atom. The maximum Gasteiger partial charge on any atom is 0.341 e. The van der Waals surface area contributed by atoms with Crippen LogP contribution in [0, 0.1) is 5.82 Å². The van der Waals surface area contributed by atoms with E-state index in [9.17, 15) is 23.6 Å². The minimum atomic E-state index is -1.04. The SMILES string of the molecule is CCOC(=O)c1c(C(=O)OCC)c(C(=O)OCC)c2c([nH]c3cc(F)ccc32)c1C(=O)OCC. The molecule has 0 aliphatic rings. The van der Waals surface area contributed by atoms with Crippen molar-refractivity contribution in [1.82, 2.24) is 4.98 Å². The van der Waals surface area contributed by atoms with Crippen LogP contribution in [0.4, 0.5) is 4.39 Å². The van der Waals surface area contributed by atoms with Crippen LogP contribution in [0.2, 0.25) is 0 Å². The van der Waals surface area contributed by atoms with E-state index in [2.05, 4.69) is 4.98 Å². The molecule has 0 aliphatic carbocycles. The van der Waals surface area contributed by atoms with E-state index in [0.717, 1.165) is 12.1 Å². The molecule has 0 unspecified atom stereocenters. The third-order valence-electron chi connectivity index (χ3n) is 4.93. The first kappa shape index (κ1) is 24.7. The summed E-state index contributed by atoms with van der Waals surface area (Å²) in [7, 11) is 0. The average molecular weight is 473 g/mol. The summed E-state index contributed by atoms with van der Waals surface area (Å²) in [6.07, 6.45) is 0. The molecular weight excluding hydrogens is 449 g/mol. The first-order valence-corrected chi connectivity index (χ1v) is 10.8. The van der Waals surface area contributed by atoms with Crippen molar-refractivity contribution in [2.24, 2.45) is 0 Å². The molecule has 0 saturated carbocycles. The number of carbonyl (C=O) groups is 4. The molecule has 0 aliphatic heterocycles. The summed E-state index contributed by atoms with van der Waals surface area (Å²) in [6.45, 7) is 6.01. The zero-order valence-corrected chi connectivity index (χ0v) is 19.2. The Bertz CT molecular complexity index is 1290. The predicted molar refractivity (Wildman–Crippen MR) is 120 cm³/mol. The summed E-state index contributed by atoms with van der Waals surface area (Å²) in [5.74, 6) is -4.51. The highest BCUT2D eigenvalue weighted by Crippen LogP contribution is 2.38. The summed E-state index contributed by atoms with van der Waals surface area (Å²) in [5, 5.41) is 0.415. The molecule has 0 bridgehead atoms. The number of aromatic nitrogens is 1. The normalized spacial score (nSPS) is 10.9. The van der Waals surface area contributed by atoms with Crippen LogP contribution in [-0.4, -0.2) is 55.3 Å². The lowest BCUT2D eigenvalue weighted by Gasteiger charge is -2.18. The molecule has 34 heavy (non-hydrogen) atoms. The second kappa shape index (κ2) is 10.3. The van der Waals surface area contributed by atoms with E-state index in [1.54, 1.807) is 27.7 Å². The zero-order valence-electron chi connectivity index (χ0n) is 19.2. The molecule has 1 N–H and O–H groups in total. The minimum absolute atomic E-state index is 0.00166. The van der Waals surface area contributed by atoms with Gasteiger partial charge >= 0.3 is 23.9 Å². The Kier molecular flexibility index (Phi) is 7.50. The number of aromatic amines is 1. The highest BCUT2D eigenvalue weighted by molar-refractivity contribution is 6.28. The fourth-order valence-corrected chi connectivity index (χ4v) is 3.75. The van der Waals surface area contributed by atoms with Crippen LogP contribution in [0.25, 0.3) is 21.8 Å². The maximum atomic E-state index is 14.0. The van der Waals surface area contributed by atoms with Gasteiger partial charge in [0, 0.05) is 16.3 Å². The summed E-state index contributed by atoms with van der Waals surface area (Å²) in [4.78, 5) is 55.3. The van der Waals surface area contributed by atoms with Crippen molar-refractivity contribution in [3.05, 3.63) is 46.3 Å². The van der Waals surface area contributed by atoms with Crippen molar-refractivity contribution < 1.29 is 42.5 Å². The molecule has 9 nitrogen and oxygen atoms in total. The Labute approximate surface area is 194 Å². The van der Waals surface area contributed by atoms with Gasteiger partial charge in [-0.25, -0.2) is 23.6 Å². The van der Waals surface area contributed by atoms with E-state index in [1.807, 2.05) is 0 Å². The smallest absolute Gasteiger partial charge is 0.341 e. The molecule has 0 radical (unpaired) electrons. The van der Waals surface area contributed by atoms with Gasteiger partial charge in [-0.3, -0.25) is 0 Å². The number of hydrogen-bond acceptors (Lipinski definition) is 8. The van der Waals surface area contributed by atoms with Crippen molar-refractivity contribution in [2.45, 2.75) is 27.7 Å². The summed E-state index contributed by atoms with van der Waals surface area (Å²) in [5.41, 5.74) is -1.40. The van der Waals surface area contributed by atoms with E-state index < -0.39 is 40.8 Å². The molecule has 0 saturated heterocycles. The molecule has 3 aromatic rings. The standard InChI is InChI=1S/C24H24FNO8/c1-5-31-21(27)16-15-13-10-9-12(25)11-14(13)26-20(15)19(24(30)34-8-4)18(23(29)33-7-3)17(16)22(28)32-6-2/h9-11,26H,5-8H2,1-4H3. The first-order valence-electron chi connectivity index (χ1n) is 10.8. The van der Waals surface area contributed by atoms with Crippen molar-refractivity contribution in [3.8, 4) is 0 Å². The maximum absolute atomic E-state index is 14.0. The molecule has 0 spiro atoms. The van der Waals surface area contributed by atoms with Crippen molar-refractivity contribution in [1.29, 1.82) is 0 Å². The quantitative estimate of drug-likeness (QED) is 0.382. The van der Waals surface area contributed by atoms with E-state index in [0.29, 0.717) is 5.39 Å². The molecule has 3 rings (SSSR count). The van der Waals surface area contributed by atoms with Gasteiger partial charge in [-0.15, -0.1) is 0 Å². The third-order valence-corrected chi connectivity index (χ3v) is 4.93. The van der Waals surface area contributed by atoms with Gasteiger partial charge in [-0.05, 0) is 45.9 Å². The van der Waals surface area contributed by atoms with Crippen LogP contribution in [-0.2, 0) is 18.9 Å². The minimum Gasteiger partial charge on any atom is -0.462 e. The molecule has 1 heterocycles. The number of ether oxygens (including phenoxy) is 4. The molecule has 0 amide bonds.